The van der Waals surface area contributed by atoms with Crippen molar-refractivity contribution in [2.45, 2.75) is 12.7 Å². The molecule has 0 saturated carbocycles. The molecule has 3 heterocycles. The zero-order valence-electron chi connectivity index (χ0n) is 11.9. The van der Waals surface area contributed by atoms with Crippen LogP contribution in [0.1, 0.15) is 11.1 Å². The van der Waals surface area contributed by atoms with Crippen LogP contribution in [0.5, 0.6) is 0 Å². The van der Waals surface area contributed by atoms with Crippen LogP contribution < -0.4 is 5.14 Å². The van der Waals surface area contributed by atoms with Crippen molar-refractivity contribution in [3.63, 3.8) is 0 Å². The maximum atomic E-state index is 11.5. The van der Waals surface area contributed by atoms with Crippen LogP contribution in [-0.2, 0) is 15.8 Å². The first-order chi connectivity index (χ1) is 10.4. The van der Waals surface area contributed by atoms with Crippen LogP contribution in [0.2, 0.25) is 0 Å². The highest BCUT2D eigenvalue weighted by molar-refractivity contribution is 7.88. The van der Waals surface area contributed by atoms with E-state index >= 15 is 0 Å². The van der Waals surface area contributed by atoms with E-state index in [4.69, 9.17) is 5.14 Å². The third-order valence-corrected chi connectivity index (χ3v) is 3.96. The highest BCUT2D eigenvalue weighted by atomic mass is 32.2. The largest absolute Gasteiger partial charge is 0.254 e. The molecule has 0 aliphatic carbocycles. The standard InChI is InChI=1S/C15H14N4O2S/c1-10-4-2-6-17-14(10)13-8-11(9-22(16,20)21)15-12(19-13)5-3-7-18-15/h2-8H,9H2,1H3,(H2,16,20,21). The van der Waals surface area contributed by atoms with Crippen molar-refractivity contribution in [2.24, 2.45) is 5.14 Å². The first-order valence-electron chi connectivity index (χ1n) is 6.61. The van der Waals surface area contributed by atoms with Crippen molar-refractivity contribution >= 4 is 21.1 Å². The first kappa shape index (κ1) is 14.6. The Labute approximate surface area is 128 Å². The number of aromatic nitrogens is 3. The van der Waals surface area contributed by atoms with Gasteiger partial charge in [0.25, 0.3) is 0 Å². The van der Waals surface area contributed by atoms with Crippen LogP contribution in [0.15, 0.2) is 42.7 Å². The van der Waals surface area contributed by atoms with Gasteiger partial charge in [0.2, 0.25) is 10.0 Å². The van der Waals surface area contributed by atoms with E-state index in [1.807, 2.05) is 19.1 Å². The number of nitrogens with two attached hydrogens (primary N) is 1. The van der Waals surface area contributed by atoms with Crippen LogP contribution in [0.4, 0.5) is 0 Å². The zero-order valence-corrected chi connectivity index (χ0v) is 12.7. The van der Waals surface area contributed by atoms with Crippen LogP contribution in [0, 0.1) is 6.92 Å². The molecule has 22 heavy (non-hydrogen) atoms. The summed E-state index contributed by atoms with van der Waals surface area (Å²) in [6, 6.07) is 9.00. The van der Waals surface area contributed by atoms with E-state index in [1.165, 1.54) is 0 Å². The lowest BCUT2D eigenvalue weighted by atomic mass is 10.1. The maximum Gasteiger partial charge on any atom is 0.213 e. The van der Waals surface area contributed by atoms with Crippen molar-refractivity contribution in [1.29, 1.82) is 0 Å². The monoisotopic (exact) mass is 314 g/mol. The fourth-order valence-corrected chi connectivity index (χ4v) is 2.99. The van der Waals surface area contributed by atoms with Crippen molar-refractivity contribution in [3.05, 3.63) is 53.9 Å². The van der Waals surface area contributed by atoms with E-state index in [9.17, 15) is 8.42 Å². The van der Waals surface area contributed by atoms with Gasteiger partial charge in [-0.3, -0.25) is 9.97 Å². The fraction of sp³-hybridized carbons (Fsp3) is 0.133. The predicted octanol–water partition coefficient (Wildman–Crippen LogP) is 1.79. The highest BCUT2D eigenvalue weighted by Crippen LogP contribution is 2.25. The molecule has 3 rings (SSSR count). The maximum absolute atomic E-state index is 11.5. The Morgan fingerprint density at radius 2 is 1.86 bits per heavy atom. The summed E-state index contributed by atoms with van der Waals surface area (Å²) in [5, 5.41) is 5.19. The summed E-state index contributed by atoms with van der Waals surface area (Å²) in [6.07, 6.45) is 3.28. The second-order valence-electron chi connectivity index (χ2n) is 5.01. The minimum absolute atomic E-state index is 0.290. The molecule has 0 spiro atoms. The van der Waals surface area contributed by atoms with Gasteiger partial charge in [0.15, 0.2) is 0 Å². The van der Waals surface area contributed by atoms with Gasteiger partial charge in [0, 0.05) is 12.4 Å². The molecule has 7 heteroatoms. The molecular weight excluding hydrogens is 300 g/mol. The summed E-state index contributed by atoms with van der Waals surface area (Å²) in [5.41, 5.74) is 3.95. The lowest BCUT2D eigenvalue weighted by Gasteiger charge is -2.09. The minimum atomic E-state index is -3.67. The molecule has 3 aromatic rings. The Bertz CT molecular complexity index is 955. The van der Waals surface area contributed by atoms with Gasteiger partial charge in [-0.1, -0.05) is 6.07 Å². The summed E-state index contributed by atoms with van der Waals surface area (Å²) in [6.45, 7) is 1.93. The third-order valence-electron chi connectivity index (χ3n) is 3.25. The average Bonchev–Trinajstić information content (AvgIpc) is 2.46. The second-order valence-corrected chi connectivity index (χ2v) is 6.63. The number of nitrogens with zero attached hydrogens (tertiary/aromatic N) is 3. The number of aryl methyl sites for hydroxylation is 1. The number of hydrogen-bond acceptors (Lipinski definition) is 5. The lowest BCUT2D eigenvalue weighted by molar-refractivity contribution is 0.597. The van der Waals surface area contributed by atoms with Crippen LogP contribution in [0.3, 0.4) is 0 Å². The number of sulfonamides is 1. The Hall–Kier alpha value is -2.38. The number of pyridine rings is 3. The molecule has 6 nitrogen and oxygen atoms in total. The molecule has 0 atom stereocenters. The van der Waals surface area contributed by atoms with Crippen molar-refractivity contribution in [2.75, 3.05) is 0 Å². The molecule has 112 valence electrons. The Kier molecular flexibility index (Phi) is 3.59. The molecule has 0 unspecified atom stereocenters. The smallest absolute Gasteiger partial charge is 0.213 e. The van der Waals surface area contributed by atoms with E-state index in [1.54, 1.807) is 30.6 Å². The Morgan fingerprint density at radius 1 is 1.14 bits per heavy atom. The third kappa shape index (κ3) is 2.95. The van der Waals surface area contributed by atoms with Gasteiger partial charge in [-0.2, -0.15) is 0 Å². The van der Waals surface area contributed by atoms with E-state index in [0.717, 1.165) is 5.56 Å². The predicted molar refractivity (Wildman–Crippen MR) is 84.3 cm³/mol. The quantitative estimate of drug-likeness (QED) is 0.794. The number of fused-ring (bicyclic) bond motifs is 1. The van der Waals surface area contributed by atoms with Crippen LogP contribution in [-0.4, -0.2) is 23.4 Å². The summed E-state index contributed by atoms with van der Waals surface area (Å²) in [4.78, 5) is 13.1. The molecule has 0 radical (unpaired) electrons. The number of hydrogen-bond donors (Lipinski definition) is 1. The topological polar surface area (TPSA) is 98.8 Å². The molecule has 0 aliphatic heterocycles. The van der Waals surface area contributed by atoms with Gasteiger partial charge in [-0.25, -0.2) is 18.5 Å². The Morgan fingerprint density at radius 3 is 2.59 bits per heavy atom. The molecule has 0 amide bonds. The highest BCUT2D eigenvalue weighted by Gasteiger charge is 2.14. The van der Waals surface area contributed by atoms with E-state index < -0.39 is 10.0 Å². The molecule has 0 aromatic carbocycles. The van der Waals surface area contributed by atoms with Gasteiger partial charge < -0.3 is 0 Å². The normalized spacial score (nSPS) is 11.7. The molecular formula is C15H14N4O2S. The zero-order chi connectivity index (χ0) is 15.7. The SMILES string of the molecule is Cc1cccnc1-c1cc(CS(N)(=O)=O)c2ncccc2n1. The van der Waals surface area contributed by atoms with Crippen molar-refractivity contribution < 1.29 is 8.42 Å². The minimum Gasteiger partial charge on any atom is -0.254 e. The summed E-state index contributed by atoms with van der Waals surface area (Å²) in [7, 11) is -3.67. The van der Waals surface area contributed by atoms with E-state index in [2.05, 4.69) is 15.0 Å². The average molecular weight is 314 g/mol. The first-order valence-corrected chi connectivity index (χ1v) is 8.33. The van der Waals surface area contributed by atoms with Crippen LogP contribution >= 0.6 is 0 Å². The van der Waals surface area contributed by atoms with E-state index in [0.29, 0.717) is 28.0 Å². The molecule has 0 fully saturated rings. The van der Waals surface area contributed by atoms with Crippen LogP contribution in [0.25, 0.3) is 22.4 Å². The van der Waals surface area contributed by atoms with Gasteiger partial charge >= 0.3 is 0 Å². The molecule has 0 saturated heterocycles. The Balaban J connectivity index is 2.27. The summed E-state index contributed by atoms with van der Waals surface area (Å²) < 4.78 is 22.9. The van der Waals surface area contributed by atoms with E-state index in [-0.39, 0.29) is 5.75 Å². The van der Waals surface area contributed by atoms with Crippen molar-refractivity contribution in [3.8, 4) is 11.4 Å². The van der Waals surface area contributed by atoms with Crippen molar-refractivity contribution in [1.82, 2.24) is 15.0 Å². The van der Waals surface area contributed by atoms with Gasteiger partial charge in [0.1, 0.15) is 0 Å². The van der Waals surface area contributed by atoms with Gasteiger partial charge in [-0.15, -0.1) is 0 Å². The molecule has 0 aliphatic rings. The molecule has 0 bridgehead atoms. The second kappa shape index (κ2) is 5.43. The molecule has 3 aromatic heterocycles. The fourth-order valence-electron chi connectivity index (χ4n) is 2.33. The van der Waals surface area contributed by atoms with Gasteiger partial charge in [-0.05, 0) is 42.3 Å². The summed E-state index contributed by atoms with van der Waals surface area (Å²) in [5.74, 6) is -0.290. The summed E-state index contributed by atoms with van der Waals surface area (Å²) >= 11 is 0. The van der Waals surface area contributed by atoms with Gasteiger partial charge in [0.05, 0.1) is 28.2 Å². The lowest BCUT2D eigenvalue weighted by Crippen LogP contribution is -2.15. The number of rotatable bonds is 3. The molecule has 2 N–H and O–H groups in total. The number of primary sulfonamides is 1.